The van der Waals surface area contributed by atoms with Crippen LogP contribution in [0.1, 0.15) is 56.3 Å². The van der Waals surface area contributed by atoms with Crippen LogP contribution < -0.4 is 5.73 Å². The number of anilines is 1. The highest BCUT2D eigenvalue weighted by Crippen LogP contribution is 2.21. The van der Waals surface area contributed by atoms with Crippen LogP contribution in [-0.4, -0.2) is 17.2 Å². The van der Waals surface area contributed by atoms with Crippen molar-refractivity contribution in [3.63, 3.8) is 0 Å². The van der Waals surface area contributed by atoms with Gasteiger partial charge in [0.1, 0.15) is 11.3 Å². The van der Waals surface area contributed by atoms with Gasteiger partial charge in [0.05, 0.1) is 6.10 Å². The molecular weight excluding hydrogens is 242 g/mol. The minimum Gasteiger partial charge on any atom is -0.507 e. The van der Waals surface area contributed by atoms with E-state index in [2.05, 4.69) is 6.92 Å². The molecule has 0 fully saturated rings. The van der Waals surface area contributed by atoms with E-state index in [1.165, 1.54) is 25.0 Å². The van der Waals surface area contributed by atoms with Crippen LogP contribution in [-0.2, 0) is 4.74 Å². The molecule has 3 N–H and O–H groups in total. The largest absolute Gasteiger partial charge is 0.507 e. The fourth-order valence-electron chi connectivity index (χ4n) is 1.88. The number of nitrogen functional groups attached to an aromatic ring is 1. The first-order valence-corrected chi connectivity index (χ1v) is 6.84. The fraction of sp³-hybridized carbons (Fsp3) is 0.533. The van der Waals surface area contributed by atoms with Crippen LogP contribution in [0.15, 0.2) is 18.2 Å². The Morgan fingerprint density at radius 2 is 2.11 bits per heavy atom. The lowest BCUT2D eigenvalue weighted by atomic mass is 10.1. The third kappa shape index (κ3) is 5.20. The van der Waals surface area contributed by atoms with Gasteiger partial charge in [0, 0.05) is 11.8 Å². The van der Waals surface area contributed by atoms with Crippen molar-refractivity contribution < 1.29 is 14.6 Å². The summed E-state index contributed by atoms with van der Waals surface area (Å²) in [4.78, 5) is 11.9. The molecule has 4 heteroatoms. The summed E-state index contributed by atoms with van der Waals surface area (Å²) in [7, 11) is 0. The molecule has 0 aliphatic heterocycles. The van der Waals surface area contributed by atoms with E-state index in [4.69, 9.17) is 10.5 Å². The van der Waals surface area contributed by atoms with Crippen molar-refractivity contribution in [3.05, 3.63) is 23.8 Å². The average molecular weight is 265 g/mol. The van der Waals surface area contributed by atoms with Gasteiger partial charge in [-0.25, -0.2) is 4.79 Å². The lowest BCUT2D eigenvalue weighted by molar-refractivity contribution is 0.0316. The number of ether oxygens (including phenoxy) is 1. The van der Waals surface area contributed by atoms with E-state index < -0.39 is 5.97 Å². The van der Waals surface area contributed by atoms with Crippen molar-refractivity contribution in [2.45, 2.75) is 52.1 Å². The zero-order valence-electron chi connectivity index (χ0n) is 11.7. The predicted molar refractivity (Wildman–Crippen MR) is 76.2 cm³/mol. The number of hydrogen-bond acceptors (Lipinski definition) is 4. The Balaban J connectivity index is 2.45. The van der Waals surface area contributed by atoms with Crippen molar-refractivity contribution in [1.82, 2.24) is 0 Å². The Morgan fingerprint density at radius 1 is 1.37 bits per heavy atom. The molecule has 0 amide bonds. The molecule has 106 valence electrons. The molecule has 0 saturated carbocycles. The Hall–Kier alpha value is -1.71. The number of unbranched alkanes of at least 4 members (excludes halogenated alkanes) is 3. The molecular formula is C15H23NO3. The molecule has 4 nitrogen and oxygen atoms in total. The van der Waals surface area contributed by atoms with Gasteiger partial charge in [0.15, 0.2) is 0 Å². The van der Waals surface area contributed by atoms with Crippen LogP contribution in [0.4, 0.5) is 5.69 Å². The van der Waals surface area contributed by atoms with Crippen molar-refractivity contribution in [1.29, 1.82) is 0 Å². The monoisotopic (exact) mass is 265 g/mol. The molecule has 1 unspecified atom stereocenters. The Kier molecular flexibility index (Phi) is 6.19. The highest BCUT2D eigenvalue weighted by molar-refractivity contribution is 5.93. The summed E-state index contributed by atoms with van der Waals surface area (Å²) in [5.41, 5.74) is 6.09. The van der Waals surface area contributed by atoms with Gasteiger partial charge in [-0.05, 0) is 31.9 Å². The Morgan fingerprint density at radius 3 is 2.74 bits per heavy atom. The van der Waals surface area contributed by atoms with Gasteiger partial charge in [-0.3, -0.25) is 0 Å². The second-order valence-electron chi connectivity index (χ2n) is 4.84. The smallest absolute Gasteiger partial charge is 0.342 e. The molecule has 0 aliphatic rings. The molecule has 0 radical (unpaired) electrons. The molecule has 0 aliphatic carbocycles. The van der Waals surface area contributed by atoms with Crippen molar-refractivity contribution in [2.75, 3.05) is 5.73 Å². The van der Waals surface area contributed by atoms with Crippen LogP contribution >= 0.6 is 0 Å². The number of benzene rings is 1. The molecule has 1 rings (SSSR count). The molecule has 1 aromatic rings. The first kappa shape index (κ1) is 15.3. The maximum absolute atomic E-state index is 11.9. The number of hydrogen-bond donors (Lipinski definition) is 2. The number of phenolic OH excluding ortho intramolecular Hbond substituents is 1. The quantitative estimate of drug-likeness (QED) is 0.449. The maximum Gasteiger partial charge on any atom is 0.342 e. The van der Waals surface area contributed by atoms with Gasteiger partial charge < -0.3 is 15.6 Å². The molecule has 0 aromatic heterocycles. The van der Waals surface area contributed by atoms with Crippen LogP contribution in [0.25, 0.3) is 0 Å². The molecule has 19 heavy (non-hydrogen) atoms. The number of carbonyl (C=O) groups is 1. The Labute approximate surface area is 114 Å². The zero-order chi connectivity index (χ0) is 14.3. The van der Waals surface area contributed by atoms with Crippen LogP contribution in [0.5, 0.6) is 5.75 Å². The van der Waals surface area contributed by atoms with Crippen LogP contribution in [0, 0.1) is 0 Å². The number of phenols is 1. The highest BCUT2D eigenvalue weighted by atomic mass is 16.5. The average Bonchev–Trinajstić information content (AvgIpc) is 2.34. The summed E-state index contributed by atoms with van der Waals surface area (Å²) in [6, 6.07) is 4.40. The summed E-state index contributed by atoms with van der Waals surface area (Å²) in [5, 5.41) is 9.64. The van der Waals surface area contributed by atoms with E-state index in [0.717, 1.165) is 19.3 Å². The summed E-state index contributed by atoms with van der Waals surface area (Å²) in [6.07, 6.45) is 5.32. The van der Waals surface area contributed by atoms with Gasteiger partial charge in [0.25, 0.3) is 0 Å². The lowest BCUT2D eigenvalue weighted by Crippen LogP contribution is -2.15. The number of rotatable bonds is 7. The molecule has 1 atom stereocenters. The van der Waals surface area contributed by atoms with E-state index in [0.29, 0.717) is 5.69 Å². The number of nitrogens with two attached hydrogens (primary N) is 1. The molecule has 0 bridgehead atoms. The van der Waals surface area contributed by atoms with E-state index in [1.807, 2.05) is 6.92 Å². The standard InChI is InChI=1S/C15H23NO3/c1-3-4-5-6-7-11(2)19-15(18)13-9-8-12(16)10-14(13)17/h8-11,17H,3-7,16H2,1-2H3. The lowest BCUT2D eigenvalue weighted by Gasteiger charge is -2.13. The third-order valence-electron chi connectivity index (χ3n) is 3.01. The van der Waals surface area contributed by atoms with E-state index in [1.54, 1.807) is 6.07 Å². The zero-order valence-corrected chi connectivity index (χ0v) is 11.7. The van der Waals surface area contributed by atoms with Crippen molar-refractivity contribution in [3.8, 4) is 5.75 Å². The van der Waals surface area contributed by atoms with Gasteiger partial charge in [-0.15, -0.1) is 0 Å². The summed E-state index contributed by atoms with van der Waals surface area (Å²) in [5.74, 6) is -0.635. The molecule has 0 heterocycles. The maximum atomic E-state index is 11.9. The Bertz CT molecular complexity index is 418. The molecule has 0 saturated heterocycles. The van der Waals surface area contributed by atoms with Gasteiger partial charge >= 0.3 is 5.97 Å². The van der Waals surface area contributed by atoms with Crippen molar-refractivity contribution in [2.24, 2.45) is 0 Å². The summed E-state index contributed by atoms with van der Waals surface area (Å²) in [6.45, 7) is 4.03. The van der Waals surface area contributed by atoms with Gasteiger partial charge in [-0.2, -0.15) is 0 Å². The second-order valence-corrected chi connectivity index (χ2v) is 4.84. The van der Waals surface area contributed by atoms with Gasteiger partial charge in [-0.1, -0.05) is 26.2 Å². The molecule has 0 spiro atoms. The fourth-order valence-corrected chi connectivity index (χ4v) is 1.88. The normalized spacial score (nSPS) is 12.1. The predicted octanol–water partition coefficient (Wildman–Crippen LogP) is 3.49. The highest BCUT2D eigenvalue weighted by Gasteiger charge is 2.15. The first-order valence-electron chi connectivity index (χ1n) is 6.84. The summed E-state index contributed by atoms with van der Waals surface area (Å²) >= 11 is 0. The van der Waals surface area contributed by atoms with Crippen molar-refractivity contribution >= 4 is 11.7 Å². The van der Waals surface area contributed by atoms with E-state index >= 15 is 0 Å². The van der Waals surface area contributed by atoms with Gasteiger partial charge in [0.2, 0.25) is 0 Å². The number of carbonyl (C=O) groups excluding carboxylic acids is 1. The van der Waals surface area contributed by atoms with Crippen LogP contribution in [0.3, 0.4) is 0 Å². The SMILES string of the molecule is CCCCCCC(C)OC(=O)c1ccc(N)cc1O. The van der Waals surface area contributed by atoms with E-state index in [9.17, 15) is 9.90 Å². The number of aromatic hydroxyl groups is 1. The topological polar surface area (TPSA) is 72.5 Å². The number of esters is 1. The second kappa shape index (κ2) is 7.67. The van der Waals surface area contributed by atoms with Crippen LogP contribution in [0.2, 0.25) is 0 Å². The first-order chi connectivity index (χ1) is 9.04. The summed E-state index contributed by atoms with van der Waals surface area (Å²) < 4.78 is 5.30. The minimum absolute atomic E-state index is 0.136. The van der Waals surface area contributed by atoms with E-state index in [-0.39, 0.29) is 17.4 Å². The third-order valence-corrected chi connectivity index (χ3v) is 3.01. The molecule has 1 aromatic carbocycles. The minimum atomic E-state index is -0.500.